The first-order valence-electron chi connectivity index (χ1n) is 7.55. The second-order valence-electron chi connectivity index (χ2n) is 5.21. The summed E-state index contributed by atoms with van der Waals surface area (Å²) in [5, 5.41) is 7.56. The van der Waals surface area contributed by atoms with E-state index in [0.717, 1.165) is 4.96 Å². The molecule has 0 unspecified atom stereocenters. The Kier molecular flexibility index (Phi) is 4.85. The Bertz CT molecular complexity index is 856. The third-order valence-electron chi connectivity index (χ3n) is 3.50. The van der Waals surface area contributed by atoms with Gasteiger partial charge < -0.3 is 10.6 Å². The van der Waals surface area contributed by atoms with Gasteiger partial charge in [-0.15, -0.1) is 11.3 Å². The molecule has 2 N–H and O–H groups in total. The lowest BCUT2D eigenvalue weighted by atomic mass is 10.2. The fraction of sp³-hybridized carbons (Fsp3) is 0.250. The molecule has 0 radical (unpaired) electrons. The van der Waals surface area contributed by atoms with Gasteiger partial charge >= 0.3 is 0 Å². The number of hydrogen-bond donors (Lipinski definition) is 2. The lowest BCUT2D eigenvalue weighted by Crippen LogP contribution is -2.30. The summed E-state index contributed by atoms with van der Waals surface area (Å²) in [5.74, 6) is -0.321. The monoisotopic (exact) mass is 343 g/mol. The standard InChI is InChI=1S/C16H17N5O2S/c1-11-13(21-8-9-24-16(21)20-11)15(23)19-7-3-6-18-14(22)12-4-2-5-17-10-12/h2,4-5,8-10H,3,6-7H2,1H3,(H,18,22)(H,19,23). The smallest absolute Gasteiger partial charge is 0.270 e. The van der Waals surface area contributed by atoms with Crippen molar-refractivity contribution in [2.45, 2.75) is 13.3 Å². The summed E-state index contributed by atoms with van der Waals surface area (Å²) in [4.78, 5) is 33.2. The van der Waals surface area contributed by atoms with Gasteiger partial charge in [-0.3, -0.25) is 19.0 Å². The van der Waals surface area contributed by atoms with Crippen molar-refractivity contribution in [1.82, 2.24) is 25.0 Å². The third-order valence-corrected chi connectivity index (χ3v) is 4.26. The van der Waals surface area contributed by atoms with Gasteiger partial charge in [-0.25, -0.2) is 4.98 Å². The molecule has 0 spiro atoms. The lowest BCUT2D eigenvalue weighted by molar-refractivity contribution is 0.0946. The number of fused-ring (bicyclic) bond motifs is 1. The largest absolute Gasteiger partial charge is 0.352 e. The van der Waals surface area contributed by atoms with E-state index in [9.17, 15) is 9.59 Å². The van der Waals surface area contributed by atoms with E-state index in [-0.39, 0.29) is 11.8 Å². The average Bonchev–Trinajstić information content (AvgIpc) is 3.14. The van der Waals surface area contributed by atoms with Gasteiger partial charge in [0.15, 0.2) is 4.96 Å². The number of carbonyl (C=O) groups is 2. The molecule has 0 saturated carbocycles. The van der Waals surface area contributed by atoms with Gasteiger partial charge in [-0.2, -0.15) is 0 Å². The van der Waals surface area contributed by atoms with Gasteiger partial charge in [0, 0.05) is 37.1 Å². The van der Waals surface area contributed by atoms with E-state index in [1.807, 2.05) is 18.5 Å². The van der Waals surface area contributed by atoms with Crippen molar-refractivity contribution in [1.29, 1.82) is 0 Å². The maximum absolute atomic E-state index is 12.3. The predicted octanol–water partition coefficient (Wildman–Crippen LogP) is 1.65. The third kappa shape index (κ3) is 3.43. The van der Waals surface area contributed by atoms with Crippen LogP contribution in [0.3, 0.4) is 0 Å². The Labute approximate surface area is 142 Å². The average molecular weight is 343 g/mol. The zero-order valence-electron chi connectivity index (χ0n) is 13.2. The van der Waals surface area contributed by atoms with Crippen LogP contribution in [0.1, 0.15) is 33.0 Å². The van der Waals surface area contributed by atoms with Crippen LogP contribution in [0.5, 0.6) is 0 Å². The van der Waals surface area contributed by atoms with Gasteiger partial charge in [-0.05, 0) is 25.5 Å². The molecule has 8 heteroatoms. The van der Waals surface area contributed by atoms with E-state index in [1.54, 1.807) is 22.7 Å². The summed E-state index contributed by atoms with van der Waals surface area (Å²) >= 11 is 1.49. The summed E-state index contributed by atoms with van der Waals surface area (Å²) in [7, 11) is 0. The van der Waals surface area contributed by atoms with Crippen molar-refractivity contribution in [3.8, 4) is 0 Å². The number of thiazole rings is 1. The first-order chi connectivity index (χ1) is 11.7. The number of nitrogens with zero attached hydrogens (tertiary/aromatic N) is 3. The molecule has 7 nitrogen and oxygen atoms in total. The maximum Gasteiger partial charge on any atom is 0.270 e. The maximum atomic E-state index is 12.3. The van der Waals surface area contributed by atoms with Crippen LogP contribution in [-0.4, -0.2) is 39.3 Å². The highest BCUT2D eigenvalue weighted by atomic mass is 32.1. The van der Waals surface area contributed by atoms with Crippen molar-refractivity contribution in [3.63, 3.8) is 0 Å². The van der Waals surface area contributed by atoms with Crippen molar-refractivity contribution in [2.24, 2.45) is 0 Å². The molecule has 0 aliphatic heterocycles. The summed E-state index contributed by atoms with van der Waals surface area (Å²) in [6, 6.07) is 3.42. The van der Waals surface area contributed by atoms with Gasteiger partial charge in [0.05, 0.1) is 11.3 Å². The Morgan fingerprint density at radius 2 is 2.04 bits per heavy atom. The number of imidazole rings is 1. The first kappa shape index (κ1) is 16.1. The fourth-order valence-electron chi connectivity index (χ4n) is 2.34. The second kappa shape index (κ2) is 7.22. The van der Waals surface area contributed by atoms with E-state index in [4.69, 9.17) is 0 Å². The summed E-state index contributed by atoms with van der Waals surface area (Å²) in [5.41, 5.74) is 1.80. The summed E-state index contributed by atoms with van der Waals surface area (Å²) in [6.45, 7) is 2.78. The Morgan fingerprint density at radius 3 is 2.79 bits per heavy atom. The fourth-order valence-corrected chi connectivity index (χ4v) is 3.10. The molecule has 3 aromatic heterocycles. The zero-order chi connectivity index (χ0) is 16.9. The summed E-state index contributed by atoms with van der Waals surface area (Å²) < 4.78 is 1.79. The van der Waals surface area contributed by atoms with Crippen LogP contribution in [0.15, 0.2) is 36.1 Å². The van der Waals surface area contributed by atoms with Crippen LogP contribution in [0.25, 0.3) is 4.96 Å². The molecule has 3 aromatic rings. The molecule has 0 atom stereocenters. The Morgan fingerprint density at radius 1 is 1.25 bits per heavy atom. The van der Waals surface area contributed by atoms with Crippen LogP contribution in [0.4, 0.5) is 0 Å². The minimum absolute atomic E-state index is 0.156. The molecule has 0 bridgehead atoms. The number of pyridine rings is 1. The van der Waals surface area contributed by atoms with Gasteiger partial charge in [-0.1, -0.05) is 0 Å². The number of aryl methyl sites for hydroxylation is 1. The topological polar surface area (TPSA) is 88.4 Å². The van der Waals surface area contributed by atoms with Crippen molar-refractivity contribution >= 4 is 28.1 Å². The van der Waals surface area contributed by atoms with E-state index >= 15 is 0 Å². The Hall–Kier alpha value is -2.74. The van der Waals surface area contributed by atoms with Crippen molar-refractivity contribution in [3.05, 3.63) is 53.1 Å². The molecular weight excluding hydrogens is 326 g/mol. The van der Waals surface area contributed by atoms with E-state index in [0.29, 0.717) is 36.5 Å². The van der Waals surface area contributed by atoms with Crippen LogP contribution in [0.2, 0.25) is 0 Å². The van der Waals surface area contributed by atoms with Gasteiger partial charge in [0.1, 0.15) is 5.69 Å². The molecule has 24 heavy (non-hydrogen) atoms. The molecule has 0 aliphatic carbocycles. The van der Waals surface area contributed by atoms with Crippen LogP contribution >= 0.6 is 11.3 Å². The molecule has 0 fully saturated rings. The van der Waals surface area contributed by atoms with Crippen LogP contribution < -0.4 is 10.6 Å². The van der Waals surface area contributed by atoms with E-state index in [2.05, 4.69) is 20.6 Å². The van der Waals surface area contributed by atoms with Crippen LogP contribution in [-0.2, 0) is 0 Å². The predicted molar refractivity (Wildman–Crippen MR) is 91.3 cm³/mol. The van der Waals surface area contributed by atoms with Crippen molar-refractivity contribution in [2.75, 3.05) is 13.1 Å². The molecule has 0 saturated heterocycles. The molecule has 3 heterocycles. The number of hydrogen-bond acceptors (Lipinski definition) is 5. The van der Waals surface area contributed by atoms with Crippen molar-refractivity contribution < 1.29 is 9.59 Å². The zero-order valence-corrected chi connectivity index (χ0v) is 14.0. The summed E-state index contributed by atoms with van der Waals surface area (Å²) in [6.07, 6.45) is 5.62. The van der Waals surface area contributed by atoms with E-state index < -0.39 is 0 Å². The first-order valence-corrected chi connectivity index (χ1v) is 8.43. The van der Waals surface area contributed by atoms with E-state index in [1.165, 1.54) is 17.5 Å². The molecule has 124 valence electrons. The molecule has 3 rings (SSSR count). The molecular formula is C16H17N5O2S. The molecule has 0 aromatic carbocycles. The minimum Gasteiger partial charge on any atom is -0.352 e. The number of aromatic nitrogens is 3. The number of rotatable bonds is 6. The number of carbonyl (C=O) groups excluding carboxylic acids is 2. The number of nitrogens with one attached hydrogen (secondary N) is 2. The van der Waals surface area contributed by atoms with Gasteiger partial charge in [0.25, 0.3) is 11.8 Å². The minimum atomic E-state index is -0.166. The normalized spacial score (nSPS) is 10.7. The van der Waals surface area contributed by atoms with Gasteiger partial charge in [0.2, 0.25) is 0 Å². The second-order valence-corrected chi connectivity index (χ2v) is 6.08. The molecule has 0 aliphatic rings. The lowest BCUT2D eigenvalue weighted by Gasteiger charge is -2.07. The highest BCUT2D eigenvalue weighted by Crippen LogP contribution is 2.16. The number of amides is 2. The quantitative estimate of drug-likeness (QED) is 0.666. The SMILES string of the molecule is Cc1nc2sccn2c1C(=O)NCCCNC(=O)c1cccnc1. The highest BCUT2D eigenvalue weighted by Gasteiger charge is 2.16. The van der Waals surface area contributed by atoms with Crippen LogP contribution in [0, 0.1) is 6.92 Å². The molecule has 2 amide bonds. The highest BCUT2D eigenvalue weighted by molar-refractivity contribution is 7.15. The Balaban J connectivity index is 1.45.